The van der Waals surface area contributed by atoms with Gasteiger partial charge in [-0.05, 0) is 26.0 Å². The van der Waals surface area contributed by atoms with Crippen molar-refractivity contribution in [2.45, 2.75) is 13.8 Å². The number of aryl methyl sites for hydroxylation is 1. The molecule has 1 aromatic rings. The molecule has 0 aliphatic carbocycles. The number of Topliss-reactive ketones (excluding diaryl/α,β-unsaturated/α-hetero) is 1. The van der Waals surface area contributed by atoms with E-state index in [2.05, 4.69) is 0 Å². The van der Waals surface area contributed by atoms with Crippen LogP contribution in [0.15, 0.2) is 18.2 Å². The van der Waals surface area contributed by atoms with E-state index in [0.717, 1.165) is 5.56 Å². The summed E-state index contributed by atoms with van der Waals surface area (Å²) in [4.78, 5) is 36.1. The van der Waals surface area contributed by atoms with E-state index >= 15 is 0 Å². The van der Waals surface area contributed by atoms with Crippen LogP contribution in [0.4, 0.5) is 5.69 Å². The van der Waals surface area contributed by atoms with Crippen molar-refractivity contribution in [2.24, 2.45) is 5.41 Å². The monoisotopic (exact) mass is 262 g/mol. The van der Waals surface area contributed by atoms with Crippen LogP contribution in [0.25, 0.3) is 0 Å². The van der Waals surface area contributed by atoms with Gasteiger partial charge in [0.2, 0.25) is 12.5 Å². The predicted octanol–water partition coefficient (Wildman–Crippen LogP) is 1.44. The SMILES string of the molecule is Cc1ccc2c(c1)C(=O)[C@@](C)(C[N+](=O)[O-])C(=O)N2C. The van der Waals surface area contributed by atoms with Crippen molar-refractivity contribution in [1.82, 2.24) is 0 Å². The third-order valence-electron chi connectivity index (χ3n) is 3.48. The molecule has 6 nitrogen and oxygen atoms in total. The molecule has 100 valence electrons. The molecule has 6 heteroatoms. The Bertz CT molecular complexity index is 596. The highest BCUT2D eigenvalue weighted by molar-refractivity contribution is 6.24. The number of carbonyl (C=O) groups excluding carboxylic acids is 2. The molecular formula is C13H14N2O4. The fourth-order valence-electron chi connectivity index (χ4n) is 2.40. The molecule has 0 unspecified atom stereocenters. The number of anilines is 1. The van der Waals surface area contributed by atoms with E-state index in [1.165, 1.54) is 18.9 Å². The molecule has 0 saturated carbocycles. The van der Waals surface area contributed by atoms with Gasteiger partial charge in [0, 0.05) is 17.5 Å². The summed E-state index contributed by atoms with van der Waals surface area (Å²) in [6.45, 7) is 2.47. The van der Waals surface area contributed by atoms with Crippen LogP contribution < -0.4 is 4.90 Å². The Labute approximate surface area is 110 Å². The predicted molar refractivity (Wildman–Crippen MR) is 68.9 cm³/mol. The maximum atomic E-state index is 12.4. The van der Waals surface area contributed by atoms with Gasteiger partial charge in [-0.25, -0.2) is 0 Å². The van der Waals surface area contributed by atoms with Crippen LogP contribution in [0.1, 0.15) is 22.8 Å². The Morgan fingerprint density at radius 3 is 2.58 bits per heavy atom. The molecule has 1 aromatic carbocycles. The second-order valence-electron chi connectivity index (χ2n) is 5.04. The highest BCUT2D eigenvalue weighted by atomic mass is 16.6. The molecule has 0 radical (unpaired) electrons. The van der Waals surface area contributed by atoms with Gasteiger partial charge in [0.25, 0.3) is 0 Å². The lowest BCUT2D eigenvalue weighted by Gasteiger charge is -2.35. The lowest BCUT2D eigenvalue weighted by molar-refractivity contribution is -0.489. The van der Waals surface area contributed by atoms with Crippen LogP contribution in [-0.2, 0) is 4.79 Å². The first-order valence-corrected chi connectivity index (χ1v) is 5.83. The summed E-state index contributed by atoms with van der Waals surface area (Å²) >= 11 is 0. The van der Waals surface area contributed by atoms with Crippen molar-refractivity contribution in [1.29, 1.82) is 0 Å². The maximum Gasteiger partial charge on any atom is 0.247 e. The third kappa shape index (κ3) is 1.89. The van der Waals surface area contributed by atoms with Gasteiger partial charge >= 0.3 is 0 Å². The van der Waals surface area contributed by atoms with Crippen molar-refractivity contribution >= 4 is 17.4 Å². The molecule has 19 heavy (non-hydrogen) atoms. The summed E-state index contributed by atoms with van der Waals surface area (Å²) in [6, 6.07) is 5.15. The van der Waals surface area contributed by atoms with Gasteiger partial charge in [-0.15, -0.1) is 0 Å². The Morgan fingerprint density at radius 1 is 1.37 bits per heavy atom. The summed E-state index contributed by atoms with van der Waals surface area (Å²) in [5, 5.41) is 10.7. The van der Waals surface area contributed by atoms with Crippen LogP contribution in [0.3, 0.4) is 0 Å². The van der Waals surface area contributed by atoms with Crippen molar-refractivity contribution in [3.8, 4) is 0 Å². The minimum absolute atomic E-state index is 0.367. The summed E-state index contributed by atoms with van der Waals surface area (Å²) < 4.78 is 0. The largest absolute Gasteiger partial charge is 0.314 e. The molecular weight excluding hydrogens is 248 g/mol. The van der Waals surface area contributed by atoms with Crippen LogP contribution in [0.2, 0.25) is 0 Å². The van der Waals surface area contributed by atoms with Gasteiger partial charge in [-0.3, -0.25) is 19.7 Å². The first-order chi connectivity index (χ1) is 8.77. The van der Waals surface area contributed by atoms with Crippen molar-refractivity contribution in [2.75, 3.05) is 18.5 Å². The normalized spacial score (nSPS) is 22.4. The number of carbonyl (C=O) groups is 2. The molecule has 1 aliphatic heterocycles. The molecule has 2 rings (SSSR count). The minimum atomic E-state index is -1.63. The lowest BCUT2D eigenvalue weighted by Crippen LogP contribution is -2.53. The number of nitro groups is 1. The molecule has 0 bridgehead atoms. The zero-order valence-electron chi connectivity index (χ0n) is 11.0. The fraction of sp³-hybridized carbons (Fsp3) is 0.385. The molecule has 1 atom stereocenters. The zero-order chi connectivity index (χ0) is 14.4. The molecule has 0 aromatic heterocycles. The van der Waals surface area contributed by atoms with Gasteiger partial charge < -0.3 is 4.90 Å². The molecule has 0 spiro atoms. The van der Waals surface area contributed by atoms with E-state index in [9.17, 15) is 19.7 Å². The maximum absolute atomic E-state index is 12.4. The van der Waals surface area contributed by atoms with Crippen LogP contribution in [0.5, 0.6) is 0 Å². The Kier molecular flexibility index (Phi) is 2.88. The van der Waals surface area contributed by atoms with Gasteiger partial charge in [0.05, 0.1) is 5.69 Å². The summed E-state index contributed by atoms with van der Waals surface area (Å²) in [6.07, 6.45) is 0. The van der Waals surface area contributed by atoms with E-state index in [-0.39, 0.29) is 0 Å². The summed E-state index contributed by atoms with van der Waals surface area (Å²) in [5.74, 6) is -1.02. The summed E-state index contributed by atoms with van der Waals surface area (Å²) in [7, 11) is 1.53. The van der Waals surface area contributed by atoms with Crippen LogP contribution in [-0.4, -0.2) is 30.2 Å². The Balaban J connectivity index is 2.62. The highest BCUT2D eigenvalue weighted by Crippen LogP contribution is 2.37. The van der Waals surface area contributed by atoms with E-state index in [1.54, 1.807) is 18.2 Å². The molecule has 0 fully saturated rings. The first kappa shape index (κ1) is 13.2. The van der Waals surface area contributed by atoms with Crippen molar-refractivity contribution in [3.63, 3.8) is 0 Å². The second kappa shape index (κ2) is 4.15. The molecule has 1 aliphatic rings. The third-order valence-corrected chi connectivity index (χ3v) is 3.48. The minimum Gasteiger partial charge on any atom is -0.314 e. The Hall–Kier alpha value is -2.24. The molecule has 0 N–H and O–H groups in total. The number of rotatable bonds is 2. The average Bonchev–Trinajstić information content (AvgIpc) is 2.33. The number of ketones is 1. The van der Waals surface area contributed by atoms with E-state index in [1.807, 2.05) is 6.92 Å². The standard InChI is InChI=1S/C13H14N2O4/c1-8-4-5-10-9(6-8)11(16)13(2,7-15(18)19)12(17)14(10)3/h4-6H,7H2,1-3H3/t13-/m1/s1. The average molecular weight is 262 g/mol. The van der Waals surface area contributed by atoms with Gasteiger partial charge in [-0.2, -0.15) is 0 Å². The number of hydrogen-bond acceptors (Lipinski definition) is 4. The quantitative estimate of drug-likeness (QED) is 0.459. The van der Waals surface area contributed by atoms with Crippen molar-refractivity contribution in [3.05, 3.63) is 39.4 Å². The van der Waals surface area contributed by atoms with Crippen LogP contribution >= 0.6 is 0 Å². The Morgan fingerprint density at radius 2 is 2.00 bits per heavy atom. The number of benzene rings is 1. The zero-order valence-corrected chi connectivity index (χ0v) is 11.0. The molecule has 0 saturated heterocycles. The first-order valence-electron chi connectivity index (χ1n) is 5.83. The van der Waals surface area contributed by atoms with E-state index in [0.29, 0.717) is 11.3 Å². The van der Waals surface area contributed by atoms with Gasteiger partial charge in [0.1, 0.15) is 0 Å². The van der Waals surface area contributed by atoms with Crippen LogP contribution in [0, 0.1) is 22.5 Å². The van der Waals surface area contributed by atoms with Gasteiger partial charge in [-0.1, -0.05) is 11.6 Å². The van der Waals surface area contributed by atoms with E-state index in [4.69, 9.17) is 0 Å². The van der Waals surface area contributed by atoms with E-state index < -0.39 is 28.6 Å². The summed E-state index contributed by atoms with van der Waals surface area (Å²) in [5.41, 5.74) is 0.116. The highest BCUT2D eigenvalue weighted by Gasteiger charge is 2.52. The topological polar surface area (TPSA) is 80.5 Å². The second-order valence-corrected chi connectivity index (χ2v) is 5.04. The number of fused-ring (bicyclic) bond motifs is 1. The smallest absolute Gasteiger partial charge is 0.247 e. The number of nitrogens with zero attached hydrogens (tertiary/aromatic N) is 2. The van der Waals surface area contributed by atoms with Crippen molar-refractivity contribution < 1.29 is 14.5 Å². The molecule has 1 amide bonds. The fourth-order valence-corrected chi connectivity index (χ4v) is 2.40. The lowest BCUT2D eigenvalue weighted by atomic mass is 9.77. The number of hydrogen-bond donors (Lipinski definition) is 0. The number of amides is 1. The van der Waals surface area contributed by atoms with Gasteiger partial charge in [0.15, 0.2) is 11.2 Å². The molecule has 1 heterocycles.